The van der Waals surface area contributed by atoms with Crippen molar-refractivity contribution < 1.29 is 13.6 Å². The van der Waals surface area contributed by atoms with Crippen molar-refractivity contribution in [3.63, 3.8) is 0 Å². The van der Waals surface area contributed by atoms with Crippen LogP contribution in [0.4, 0.5) is 20.2 Å². The quantitative estimate of drug-likeness (QED) is 0.546. The van der Waals surface area contributed by atoms with Crippen molar-refractivity contribution in [1.29, 1.82) is 0 Å². The van der Waals surface area contributed by atoms with Crippen LogP contribution in [0.3, 0.4) is 0 Å². The molecule has 4 nitrogen and oxygen atoms in total. The van der Waals surface area contributed by atoms with Gasteiger partial charge in [-0.25, -0.2) is 8.78 Å². The molecule has 104 valence electrons. The first-order chi connectivity index (χ1) is 9.06. The van der Waals surface area contributed by atoms with Crippen LogP contribution in [0.1, 0.15) is 25.7 Å². The molecule has 2 rings (SSSR count). The third kappa shape index (κ3) is 4.08. The molecule has 1 aromatic rings. The molecule has 0 unspecified atom stereocenters. The number of hydrogen-bond acceptors (Lipinski definition) is 3. The third-order valence-corrected chi connectivity index (χ3v) is 2.93. The minimum Gasteiger partial charge on any atom is -0.395 e. The van der Waals surface area contributed by atoms with Crippen LogP contribution in [0.5, 0.6) is 0 Å². The van der Waals surface area contributed by atoms with Crippen LogP contribution in [0.25, 0.3) is 0 Å². The number of hydrogen-bond donors (Lipinski definition) is 3. The van der Waals surface area contributed by atoms with E-state index in [4.69, 9.17) is 5.73 Å². The number of nitrogens with two attached hydrogens (primary N) is 1. The zero-order valence-corrected chi connectivity index (χ0v) is 10.5. The van der Waals surface area contributed by atoms with Crippen LogP contribution in [0, 0.1) is 11.6 Å². The number of nitrogens with one attached hydrogen (secondary N) is 2. The Bertz CT molecular complexity index is 475. The summed E-state index contributed by atoms with van der Waals surface area (Å²) in [6, 6.07) is 2.24. The van der Waals surface area contributed by atoms with Crippen molar-refractivity contribution in [2.75, 3.05) is 17.6 Å². The van der Waals surface area contributed by atoms with Gasteiger partial charge in [-0.15, -0.1) is 0 Å². The first-order valence-corrected chi connectivity index (χ1v) is 6.34. The number of halogens is 2. The zero-order chi connectivity index (χ0) is 13.8. The summed E-state index contributed by atoms with van der Waals surface area (Å²) in [6.45, 7) is 0.436. The summed E-state index contributed by atoms with van der Waals surface area (Å²) in [6.07, 6.45) is 3.09. The van der Waals surface area contributed by atoms with E-state index in [1.54, 1.807) is 0 Å². The molecular weight excluding hydrogens is 252 g/mol. The third-order valence-electron chi connectivity index (χ3n) is 2.93. The van der Waals surface area contributed by atoms with Gasteiger partial charge in [0.05, 0.1) is 11.4 Å². The average Bonchev–Trinajstić information content (AvgIpc) is 3.14. The van der Waals surface area contributed by atoms with E-state index in [0.29, 0.717) is 25.4 Å². The maximum absolute atomic E-state index is 13.2. The molecule has 1 amide bonds. The van der Waals surface area contributed by atoms with Crippen LogP contribution in [-0.2, 0) is 4.79 Å². The predicted octanol–water partition coefficient (Wildman–Crippen LogP) is 2.02. The van der Waals surface area contributed by atoms with Gasteiger partial charge in [-0.05, 0) is 25.3 Å². The number of benzene rings is 1. The lowest BCUT2D eigenvalue weighted by atomic mass is 10.2. The van der Waals surface area contributed by atoms with E-state index in [-0.39, 0.29) is 17.3 Å². The summed E-state index contributed by atoms with van der Waals surface area (Å²) in [4.78, 5) is 11.4. The normalized spacial score (nSPS) is 14.2. The Hall–Kier alpha value is -1.85. The molecule has 0 atom stereocenters. The highest BCUT2D eigenvalue weighted by Crippen LogP contribution is 2.23. The van der Waals surface area contributed by atoms with Gasteiger partial charge >= 0.3 is 0 Å². The highest BCUT2D eigenvalue weighted by atomic mass is 19.1. The van der Waals surface area contributed by atoms with E-state index in [1.165, 1.54) is 0 Å². The van der Waals surface area contributed by atoms with Gasteiger partial charge in [0.15, 0.2) is 5.82 Å². The second-order valence-electron chi connectivity index (χ2n) is 4.72. The minimum absolute atomic E-state index is 0.0164. The van der Waals surface area contributed by atoms with Gasteiger partial charge in [-0.3, -0.25) is 4.79 Å². The molecule has 1 aliphatic carbocycles. The average molecular weight is 269 g/mol. The number of nitrogen functional groups attached to an aromatic ring is 1. The molecule has 19 heavy (non-hydrogen) atoms. The second-order valence-corrected chi connectivity index (χ2v) is 4.72. The van der Waals surface area contributed by atoms with Gasteiger partial charge in [0.1, 0.15) is 5.82 Å². The molecule has 1 aliphatic rings. The van der Waals surface area contributed by atoms with Crippen LogP contribution in [-0.4, -0.2) is 18.5 Å². The summed E-state index contributed by atoms with van der Waals surface area (Å²) in [7, 11) is 0. The summed E-state index contributed by atoms with van der Waals surface area (Å²) < 4.78 is 26.2. The van der Waals surface area contributed by atoms with Gasteiger partial charge in [0.2, 0.25) is 5.91 Å². The van der Waals surface area contributed by atoms with Gasteiger partial charge in [-0.1, -0.05) is 0 Å². The van der Waals surface area contributed by atoms with E-state index < -0.39 is 11.6 Å². The van der Waals surface area contributed by atoms with Crippen LogP contribution >= 0.6 is 0 Å². The van der Waals surface area contributed by atoms with Gasteiger partial charge in [0, 0.05) is 25.1 Å². The molecule has 0 bridgehead atoms. The molecule has 0 aromatic heterocycles. The van der Waals surface area contributed by atoms with E-state index >= 15 is 0 Å². The maximum atomic E-state index is 13.2. The van der Waals surface area contributed by atoms with Crippen LogP contribution < -0.4 is 16.4 Å². The maximum Gasteiger partial charge on any atom is 0.220 e. The largest absolute Gasteiger partial charge is 0.395 e. The van der Waals surface area contributed by atoms with E-state index in [9.17, 15) is 13.6 Å². The molecule has 1 fully saturated rings. The lowest BCUT2D eigenvalue weighted by Crippen LogP contribution is -2.25. The molecule has 0 spiro atoms. The number of carbonyl (C=O) groups is 1. The Labute approximate surface area is 110 Å². The summed E-state index contributed by atoms with van der Waals surface area (Å²) in [5.41, 5.74) is 5.60. The summed E-state index contributed by atoms with van der Waals surface area (Å²) in [5.74, 6) is -1.45. The summed E-state index contributed by atoms with van der Waals surface area (Å²) >= 11 is 0. The van der Waals surface area contributed by atoms with Crippen LogP contribution in [0.2, 0.25) is 0 Å². The smallest absolute Gasteiger partial charge is 0.220 e. The van der Waals surface area contributed by atoms with Crippen molar-refractivity contribution in [3.05, 3.63) is 23.8 Å². The fraction of sp³-hybridized carbons (Fsp3) is 0.462. The molecule has 6 heteroatoms. The molecule has 0 heterocycles. The van der Waals surface area contributed by atoms with E-state index in [0.717, 1.165) is 25.0 Å². The molecule has 0 radical (unpaired) electrons. The first kappa shape index (κ1) is 13.6. The van der Waals surface area contributed by atoms with Crippen molar-refractivity contribution in [3.8, 4) is 0 Å². The highest BCUT2D eigenvalue weighted by Gasteiger charge is 2.22. The van der Waals surface area contributed by atoms with Crippen molar-refractivity contribution in [1.82, 2.24) is 5.32 Å². The van der Waals surface area contributed by atoms with Gasteiger partial charge < -0.3 is 16.4 Å². The molecule has 0 aliphatic heterocycles. The molecular formula is C13H17F2N3O. The standard InChI is InChI=1S/C13H17F2N3O/c14-8-6-10(15)13(16)11(7-8)17-5-1-2-12(19)18-9-3-4-9/h6-7,9,17H,1-5,16H2,(H,18,19). The molecule has 1 aromatic carbocycles. The molecule has 0 saturated heterocycles. The Morgan fingerprint density at radius 1 is 1.37 bits per heavy atom. The van der Waals surface area contributed by atoms with Crippen molar-refractivity contribution in [2.45, 2.75) is 31.7 Å². The Morgan fingerprint density at radius 2 is 2.11 bits per heavy atom. The zero-order valence-electron chi connectivity index (χ0n) is 10.5. The number of rotatable bonds is 6. The minimum atomic E-state index is -0.783. The second kappa shape index (κ2) is 5.86. The van der Waals surface area contributed by atoms with E-state index in [1.807, 2.05) is 0 Å². The number of anilines is 2. The fourth-order valence-electron chi connectivity index (χ4n) is 1.73. The van der Waals surface area contributed by atoms with Crippen molar-refractivity contribution >= 4 is 17.3 Å². The lowest BCUT2D eigenvalue weighted by molar-refractivity contribution is -0.121. The fourth-order valence-corrected chi connectivity index (χ4v) is 1.73. The van der Waals surface area contributed by atoms with Crippen LogP contribution in [0.15, 0.2) is 12.1 Å². The molecule has 1 saturated carbocycles. The lowest BCUT2D eigenvalue weighted by Gasteiger charge is -2.10. The van der Waals surface area contributed by atoms with Gasteiger partial charge in [0.25, 0.3) is 0 Å². The first-order valence-electron chi connectivity index (χ1n) is 6.34. The molecule has 4 N–H and O–H groups in total. The predicted molar refractivity (Wildman–Crippen MR) is 69.7 cm³/mol. The Kier molecular flexibility index (Phi) is 4.19. The number of carbonyl (C=O) groups excluding carboxylic acids is 1. The number of amides is 1. The SMILES string of the molecule is Nc1c(F)cc(F)cc1NCCCC(=O)NC1CC1. The van der Waals surface area contributed by atoms with Crippen molar-refractivity contribution in [2.24, 2.45) is 0 Å². The summed E-state index contributed by atoms with van der Waals surface area (Å²) in [5, 5.41) is 5.70. The topological polar surface area (TPSA) is 67.1 Å². The van der Waals surface area contributed by atoms with Gasteiger partial charge in [-0.2, -0.15) is 0 Å². The van der Waals surface area contributed by atoms with E-state index in [2.05, 4.69) is 10.6 Å². The highest BCUT2D eigenvalue weighted by molar-refractivity contribution is 5.76. The monoisotopic (exact) mass is 269 g/mol. The Balaban J connectivity index is 1.74. The Morgan fingerprint density at radius 3 is 2.79 bits per heavy atom.